The number of ketones is 1. The van der Waals surface area contributed by atoms with Crippen LogP contribution in [0.5, 0.6) is 0 Å². The Kier molecular flexibility index (Phi) is 7.85. The number of nitrogens with zero attached hydrogens (tertiary/aromatic N) is 2. The number of nitrogens with one attached hydrogen (secondary N) is 1. The van der Waals surface area contributed by atoms with E-state index in [0.29, 0.717) is 16.4 Å². The first-order valence-electron chi connectivity index (χ1n) is 8.85. The maximum atomic E-state index is 12.6. The topological polar surface area (TPSA) is 96.4 Å². The van der Waals surface area contributed by atoms with Crippen molar-refractivity contribution in [3.63, 3.8) is 0 Å². The summed E-state index contributed by atoms with van der Waals surface area (Å²) in [5, 5.41) is 2.21. The predicted octanol–water partition coefficient (Wildman–Crippen LogP) is 2.96. The summed E-state index contributed by atoms with van der Waals surface area (Å²) >= 11 is 6.07. The van der Waals surface area contributed by atoms with Crippen LogP contribution in [0.25, 0.3) is 0 Å². The van der Waals surface area contributed by atoms with Crippen LogP contribution in [-0.4, -0.2) is 43.8 Å². The number of aryl methyl sites for hydroxylation is 1. The van der Waals surface area contributed by atoms with Crippen molar-refractivity contribution < 1.29 is 26.8 Å². The van der Waals surface area contributed by atoms with Gasteiger partial charge >= 0.3 is 6.43 Å². The molecule has 0 spiro atoms. The number of hydrogen-bond acceptors (Lipinski definition) is 5. The van der Waals surface area contributed by atoms with Gasteiger partial charge in [0.1, 0.15) is 0 Å². The van der Waals surface area contributed by atoms with Gasteiger partial charge in [-0.3, -0.25) is 18.9 Å². The fourth-order valence-corrected chi connectivity index (χ4v) is 3.89. The van der Waals surface area contributed by atoms with Crippen molar-refractivity contribution in [3.05, 3.63) is 58.4 Å². The minimum Gasteiger partial charge on any atom is -0.344 e. The molecule has 1 amide bonds. The van der Waals surface area contributed by atoms with E-state index in [4.69, 9.17) is 11.6 Å². The van der Waals surface area contributed by atoms with E-state index in [1.165, 1.54) is 35.6 Å². The number of Topliss-reactive ketones (excluding diaryl/α,β-unsaturated/α-hetero) is 1. The number of anilines is 1. The van der Waals surface area contributed by atoms with Gasteiger partial charge in [-0.15, -0.1) is 0 Å². The maximum Gasteiger partial charge on any atom is 0.315 e. The Morgan fingerprint density at radius 2 is 1.93 bits per heavy atom. The van der Waals surface area contributed by atoms with Gasteiger partial charge in [-0.1, -0.05) is 11.6 Å². The van der Waals surface area contributed by atoms with Crippen LogP contribution in [0, 0.1) is 6.92 Å². The first-order valence-corrected chi connectivity index (χ1v) is 10.8. The van der Waals surface area contributed by atoms with Gasteiger partial charge in [0, 0.05) is 16.8 Å². The number of halogens is 3. The number of amides is 1. The van der Waals surface area contributed by atoms with E-state index in [1.54, 1.807) is 19.1 Å². The molecule has 0 saturated carbocycles. The second-order valence-corrected chi connectivity index (χ2v) is 8.99. The highest BCUT2D eigenvalue weighted by molar-refractivity contribution is 7.92. The number of benzene rings is 1. The predicted molar refractivity (Wildman–Crippen MR) is 109 cm³/mol. The quantitative estimate of drug-likeness (QED) is 0.581. The maximum absolute atomic E-state index is 12.6. The van der Waals surface area contributed by atoms with Gasteiger partial charge in [0.25, 0.3) is 5.91 Å². The van der Waals surface area contributed by atoms with Crippen LogP contribution in [0.4, 0.5) is 14.5 Å². The summed E-state index contributed by atoms with van der Waals surface area (Å²) in [6.45, 7) is 2.62. The van der Waals surface area contributed by atoms with E-state index >= 15 is 0 Å². The normalized spacial score (nSPS) is 11.4. The Morgan fingerprint density at radius 1 is 1.23 bits per heavy atom. The summed E-state index contributed by atoms with van der Waals surface area (Å²) in [7, 11) is -3.65. The highest BCUT2D eigenvalue weighted by Crippen LogP contribution is 2.26. The number of rotatable bonds is 9. The third-order valence-electron chi connectivity index (χ3n) is 4.09. The molecule has 0 fully saturated rings. The highest BCUT2D eigenvalue weighted by atomic mass is 35.5. The van der Waals surface area contributed by atoms with Crippen LogP contribution in [0.15, 0.2) is 36.5 Å². The first-order chi connectivity index (χ1) is 14.0. The third kappa shape index (κ3) is 6.20. The van der Waals surface area contributed by atoms with Gasteiger partial charge < -0.3 is 5.32 Å². The summed E-state index contributed by atoms with van der Waals surface area (Å²) in [5.74, 6) is -2.28. The van der Waals surface area contributed by atoms with Crippen molar-refractivity contribution in [2.45, 2.75) is 26.8 Å². The summed E-state index contributed by atoms with van der Waals surface area (Å²) < 4.78 is 50.7. The number of carbonyl (C=O) groups is 2. The monoisotopic (exact) mass is 459 g/mol. The Bertz CT molecular complexity index is 1010. The van der Waals surface area contributed by atoms with E-state index in [0.717, 1.165) is 5.56 Å². The summed E-state index contributed by atoms with van der Waals surface area (Å²) in [6.07, 6.45) is -2.01. The average Bonchev–Trinajstić information content (AvgIpc) is 2.69. The molecule has 0 aliphatic rings. The molecule has 1 aromatic heterocycles. The second-order valence-electron chi connectivity index (χ2n) is 6.37. The molecule has 11 heteroatoms. The SMILES string of the molecule is CCS(=O)(=O)N(Cc1ccc(C(=O)CNC(=O)C(F)F)cn1)c1cc(C)cc(Cl)c1. The summed E-state index contributed by atoms with van der Waals surface area (Å²) in [6, 6.07) is 7.76. The average molecular weight is 460 g/mol. The van der Waals surface area contributed by atoms with Crippen molar-refractivity contribution >= 4 is 39.0 Å². The molecule has 0 saturated heterocycles. The lowest BCUT2D eigenvalue weighted by Crippen LogP contribution is -2.34. The van der Waals surface area contributed by atoms with Crippen LogP contribution in [0.3, 0.4) is 0 Å². The molecule has 0 aliphatic carbocycles. The molecule has 30 heavy (non-hydrogen) atoms. The Morgan fingerprint density at radius 3 is 2.47 bits per heavy atom. The molecule has 1 aromatic carbocycles. The smallest absolute Gasteiger partial charge is 0.315 e. The van der Waals surface area contributed by atoms with Crippen molar-refractivity contribution in [3.8, 4) is 0 Å². The second kappa shape index (κ2) is 9.94. The largest absolute Gasteiger partial charge is 0.344 e. The van der Waals surface area contributed by atoms with E-state index in [2.05, 4.69) is 4.98 Å². The fourth-order valence-electron chi connectivity index (χ4n) is 2.54. The molecule has 0 atom stereocenters. The molecular weight excluding hydrogens is 440 g/mol. The minimum absolute atomic E-state index is 0.0907. The molecule has 0 radical (unpaired) electrons. The Balaban J connectivity index is 2.21. The zero-order valence-corrected chi connectivity index (χ0v) is 17.8. The van der Waals surface area contributed by atoms with E-state index in [-0.39, 0.29) is 17.9 Å². The molecule has 1 heterocycles. The van der Waals surface area contributed by atoms with Gasteiger partial charge in [-0.25, -0.2) is 8.42 Å². The highest BCUT2D eigenvalue weighted by Gasteiger charge is 2.22. The van der Waals surface area contributed by atoms with Gasteiger partial charge in [0.2, 0.25) is 10.0 Å². The van der Waals surface area contributed by atoms with Crippen LogP contribution in [0.2, 0.25) is 5.02 Å². The lowest BCUT2D eigenvalue weighted by molar-refractivity contribution is -0.131. The van der Waals surface area contributed by atoms with E-state index in [9.17, 15) is 26.8 Å². The zero-order chi connectivity index (χ0) is 22.5. The van der Waals surface area contributed by atoms with Crippen LogP contribution < -0.4 is 9.62 Å². The number of alkyl halides is 2. The number of sulfonamides is 1. The molecule has 2 rings (SSSR count). The van der Waals surface area contributed by atoms with Crippen molar-refractivity contribution in [2.75, 3.05) is 16.6 Å². The van der Waals surface area contributed by atoms with Crippen molar-refractivity contribution in [1.82, 2.24) is 10.3 Å². The Hall–Kier alpha value is -2.59. The van der Waals surface area contributed by atoms with E-state index < -0.39 is 34.7 Å². The van der Waals surface area contributed by atoms with Gasteiger partial charge in [0.05, 0.1) is 30.2 Å². The molecule has 0 bridgehead atoms. The zero-order valence-electron chi connectivity index (χ0n) is 16.2. The summed E-state index contributed by atoms with van der Waals surface area (Å²) in [5.41, 5.74) is 1.63. The number of aromatic nitrogens is 1. The molecule has 0 unspecified atom stereocenters. The first kappa shape index (κ1) is 23.7. The Labute approximate surface area is 178 Å². The van der Waals surface area contributed by atoms with Crippen LogP contribution in [0.1, 0.15) is 28.5 Å². The van der Waals surface area contributed by atoms with Crippen molar-refractivity contribution in [1.29, 1.82) is 0 Å². The minimum atomic E-state index is -3.65. The molecule has 2 aromatic rings. The van der Waals surface area contributed by atoms with E-state index in [1.807, 2.05) is 5.32 Å². The van der Waals surface area contributed by atoms with Crippen LogP contribution >= 0.6 is 11.6 Å². The molecule has 7 nitrogen and oxygen atoms in total. The number of carbonyl (C=O) groups excluding carboxylic acids is 2. The molecule has 1 N–H and O–H groups in total. The van der Waals surface area contributed by atoms with Gasteiger partial charge in [0.15, 0.2) is 5.78 Å². The molecule has 162 valence electrons. The standard InChI is InChI=1S/C19H20ClF2N3O4S/c1-3-30(28,29)25(16-7-12(2)6-14(20)8-16)11-15-5-4-13(9-23-15)17(26)10-24-19(27)18(21)22/h4-9,18H,3,10-11H2,1-2H3,(H,24,27). The number of hydrogen-bond donors (Lipinski definition) is 1. The van der Waals surface area contributed by atoms with Gasteiger partial charge in [-0.05, 0) is 49.7 Å². The van der Waals surface area contributed by atoms with Crippen molar-refractivity contribution in [2.24, 2.45) is 0 Å². The lowest BCUT2D eigenvalue weighted by Gasteiger charge is -2.24. The molecule has 0 aliphatic heterocycles. The lowest BCUT2D eigenvalue weighted by atomic mass is 10.1. The fraction of sp³-hybridized carbons (Fsp3) is 0.316. The third-order valence-corrected chi connectivity index (χ3v) is 6.05. The van der Waals surface area contributed by atoms with Gasteiger partial charge in [-0.2, -0.15) is 8.78 Å². The van der Waals surface area contributed by atoms with Crippen LogP contribution in [-0.2, 0) is 21.4 Å². The number of pyridine rings is 1. The molecular formula is C19H20ClF2N3O4S. The summed E-state index contributed by atoms with van der Waals surface area (Å²) in [4.78, 5) is 26.9.